The van der Waals surface area contributed by atoms with E-state index in [4.69, 9.17) is 14.4 Å². The van der Waals surface area contributed by atoms with Crippen molar-refractivity contribution in [3.63, 3.8) is 0 Å². The fourth-order valence-electron chi connectivity index (χ4n) is 11.2. The number of para-hydroxylation sites is 3. The molecule has 1 N–H and O–H groups in total. The Kier molecular flexibility index (Phi) is 8.36. The zero-order valence-corrected chi connectivity index (χ0v) is 37.8. The van der Waals surface area contributed by atoms with Gasteiger partial charge in [-0.25, -0.2) is 9.98 Å². The predicted molar refractivity (Wildman–Crippen MR) is 293 cm³/mol. The van der Waals surface area contributed by atoms with Gasteiger partial charge in [-0.1, -0.05) is 182 Å². The van der Waals surface area contributed by atoms with Crippen LogP contribution >= 0.6 is 0 Å². The molecule has 1 aliphatic heterocycles. The fourth-order valence-corrected chi connectivity index (χ4v) is 11.2. The lowest BCUT2D eigenvalue weighted by molar-refractivity contribution is 0.667. The maximum atomic E-state index is 6.84. The average molecular weight is 893 g/mol. The van der Waals surface area contributed by atoms with Gasteiger partial charge < -0.3 is 14.3 Å². The third-order valence-electron chi connectivity index (χ3n) is 14.6. The molecule has 0 aliphatic carbocycles. The summed E-state index contributed by atoms with van der Waals surface area (Å²) in [5.74, 6) is 1.42. The Morgan fingerprint density at radius 3 is 1.76 bits per heavy atom. The first-order chi connectivity index (χ1) is 34.7. The summed E-state index contributed by atoms with van der Waals surface area (Å²) in [6, 6.07) is 83.0. The topological polar surface area (TPSA) is 54.8 Å². The summed E-state index contributed by atoms with van der Waals surface area (Å²) in [7, 11) is 0. The Morgan fingerprint density at radius 2 is 0.986 bits per heavy atom. The highest BCUT2D eigenvalue weighted by Crippen LogP contribution is 2.42. The molecule has 0 spiro atoms. The molecular formula is C65H40N4O. The molecule has 5 heteroatoms. The van der Waals surface area contributed by atoms with E-state index >= 15 is 0 Å². The lowest BCUT2D eigenvalue weighted by atomic mass is 9.94. The first-order valence-electron chi connectivity index (χ1n) is 23.9. The van der Waals surface area contributed by atoms with Crippen LogP contribution in [0.4, 0.5) is 0 Å². The Labute approximate surface area is 401 Å². The second-order valence-corrected chi connectivity index (χ2v) is 18.5. The van der Waals surface area contributed by atoms with Crippen LogP contribution in [0.25, 0.3) is 114 Å². The quantitative estimate of drug-likeness (QED) is 0.175. The maximum Gasteiger partial charge on any atom is 0.159 e. The number of aromatic nitrogens is 1. The summed E-state index contributed by atoms with van der Waals surface area (Å²) in [4.78, 5) is 11.0. The third-order valence-corrected chi connectivity index (χ3v) is 14.6. The van der Waals surface area contributed by atoms with Gasteiger partial charge in [-0.15, -0.1) is 0 Å². The molecule has 1 unspecified atom stereocenters. The average Bonchev–Trinajstić information content (AvgIpc) is 3.97. The number of benzene rings is 12. The molecule has 15 rings (SSSR count). The summed E-state index contributed by atoms with van der Waals surface area (Å²) in [6.07, 6.45) is -0.520. The number of hydrogen-bond acceptors (Lipinski definition) is 4. The molecular weight excluding hydrogens is 853 g/mol. The smallest absolute Gasteiger partial charge is 0.159 e. The van der Waals surface area contributed by atoms with E-state index in [2.05, 4.69) is 234 Å². The molecule has 0 saturated heterocycles. The Balaban J connectivity index is 0.968. The van der Waals surface area contributed by atoms with Gasteiger partial charge in [0.2, 0.25) is 0 Å². The highest BCUT2D eigenvalue weighted by molar-refractivity contribution is 6.18. The van der Waals surface area contributed by atoms with Gasteiger partial charge in [-0.05, 0) is 108 Å². The Bertz CT molecular complexity index is 4590. The van der Waals surface area contributed by atoms with Crippen molar-refractivity contribution in [2.45, 2.75) is 6.17 Å². The Morgan fingerprint density at radius 1 is 0.386 bits per heavy atom. The molecule has 0 bridgehead atoms. The number of aliphatic imine (C=N–C) groups is 2. The molecule has 0 saturated carbocycles. The third kappa shape index (κ3) is 5.98. The van der Waals surface area contributed by atoms with Gasteiger partial charge in [0.15, 0.2) is 5.84 Å². The highest BCUT2D eigenvalue weighted by atomic mass is 16.3. The van der Waals surface area contributed by atoms with Gasteiger partial charge in [0.1, 0.15) is 23.2 Å². The van der Waals surface area contributed by atoms with E-state index in [-0.39, 0.29) is 0 Å². The molecule has 0 amide bonds. The van der Waals surface area contributed by atoms with Gasteiger partial charge in [-0.2, -0.15) is 0 Å². The van der Waals surface area contributed by atoms with Gasteiger partial charge in [0, 0.05) is 49.5 Å². The largest absolute Gasteiger partial charge is 0.455 e. The first kappa shape index (κ1) is 38.8. The normalized spacial score (nSPS) is 14.1. The molecule has 326 valence electrons. The molecule has 1 atom stereocenters. The number of hydrogen-bond donors (Lipinski definition) is 1. The molecule has 14 aromatic rings. The van der Waals surface area contributed by atoms with E-state index in [0.717, 1.165) is 83.1 Å². The van der Waals surface area contributed by atoms with E-state index in [1.54, 1.807) is 0 Å². The maximum absolute atomic E-state index is 6.84. The SMILES string of the molecule is c1ccc2cc3c(cc2c1)c1ccccc1n3-c1ccc(C2N=C(c3ccc4c(ccc5ccccc54)c3)N=C(c3ccc4c(ccc5ccccc54)c3)N2)c(-c2cccc3c2oc2ccccc23)c1. The van der Waals surface area contributed by atoms with E-state index < -0.39 is 6.17 Å². The van der Waals surface area contributed by atoms with Crippen molar-refractivity contribution in [3.05, 3.63) is 247 Å². The van der Waals surface area contributed by atoms with E-state index in [1.165, 1.54) is 53.9 Å². The predicted octanol–water partition coefficient (Wildman–Crippen LogP) is 16.6. The van der Waals surface area contributed by atoms with Gasteiger partial charge in [0.05, 0.1) is 11.0 Å². The minimum atomic E-state index is -0.520. The number of nitrogens with zero attached hydrogens (tertiary/aromatic N) is 3. The number of fused-ring (bicyclic) bond motifs is 13. The van der Waals surface area contributed by atoms with Crippen molar-refractivity contribution in [1.29, 1.82) is 0 Å². The second kappa shape index (κ2) is 15.1. The van der Waals surface area contributed by atoms with Crippen molar-refractivity contribution in [2.75, 3.05) is 0 Å². The summed E-state index contributed by atoms with van der Waals surface area (Å²) >= 11 is 0. The van der Waals surface area contributed by atoms with Crippen LogP contribution in [-0.2, 0) is 0 Å². The van der Waals surface area contributed by atoms with Crippen molar-refractivity contribution in [2.24, 2.45) is 9.98 Å². The number of nitrogens with one attached hydrogen (secondary N) is 1. The van der Waals surface area contributed by atoms with Crippen LogP contribution in [0.3, 0.4) is 0 Å². The first-order valence-corrected chi connectivity index (χ1v) is 23.9. The van der Waals surface area contributed by atoms with Crippen molar-refractivity contribution >= 4 is 109 Å². The Hall–Kier alpha value is -9.32. The molecule has 12 aromatic carbocycles. The van der Waals surface area contributed by atoms with E-state index in [9.17, 15) is 0 Å². The summed E-state index contributed by atoms with van der Waals surface area (Å²) in [5, 5.41) is 20.5. The van der Waals surface area contributed by atoms with Gasteiger partial charge in [-0.3, -0.25) is 0 Å². The zero-order chi connectivity index (χ0) is 45.9. The molecule has 70 heavy (non-hydrogen) atoms. The zero-order valence-electron chi connectivity index (χ0n) is 37.8. The summed E-state index contributed by atoms with van der Waals surface area (Å²) < 4.78 is 9.25. The minimum absolute atomic E-state index is 0.520. The fraction of sp³-hybridized carbons (Fsp3) is 0.0154. The van der Waals surface area contributed by atoms with Crippen LogP contribution in [0, 0.1) is 0 Å². The van der Waals surface area contributed by atoms with Crippen LogP contribution in [0.15, 0.2) is 245 Å². The molecule has 0 radical (unpaired) electrons. The second-order valence-electron chi connectivity index (χ2n) is 18.5. The number of rotatable bonds is 5. The standard InChI is InChI=1S/C65H40N4O/c1-2-15-42-37-60-58(36-41(42)14-1)52-18-7-9-22-59(52)69(60)47-30-33-56(57(38-47)55-21-11-20-54-53-19-8-10-23-61(53)70-62(54)55)65-67-63(45-28-31-50-43(34-45)26-24-39-12-3-5-16-48(39)50)66-64(68-65)46-29-32-51-44(35-46)27-25-40-13-4-6-17-49(40)51/h1-38,65H,(H,66,67,68). The van der Waals surface area contributed by atoms with Crippen molar-refractivity contribution in [1.82, 2.24) is 9.88 Å². The number of furan rings is 1. The minimum Gasteiger partial charge on any atom is -0.455 e. The van der Waals surface area contributed by atoms with E-state index in [0.29, 0.717) is 5.84 Å². The number of amidine groups is 2. The van der Waals surface area contributed by atoms with Crippen LogP contribution in [0.2, 0.25) is 0 Å². The molecule has 0 fully saturated rings. The van der Waals surface area contributed by atoms with Gasteiger partial charge >= 0.3 is 0 Å². The summed E-state index contributed by atoms with van der Waals surface area (Å²) in [5.41, 5.74) is 10.0. The molecule has 2 aromatic heterocycles. The van der Waals surface area contributed by atoms with Crippen LogP contribution in [0.1, 0.15) is 22.9 Å². The van der Waals surface area contributed by atoms with Crippen LogP contribution in [0.5, 0.6) is 0 Å². The van der Waals surface area contributed by atoms with Gasteiger partial charge in [0.25, 0.3) is 0 Å². The van der Waals surface area contributed by atoms with Crippen LogP contribution < -0.4 is 5.32 Å². The van der Waals surface area contributed by atoms with Crippen molar-refractivity contribution in [3.8, 4) is 16.8 Å². The lowest BCUT2D eigenvalue weighted by Crippen LogP contribution is -2.33. The molecule has 3 heterocycles. The summed E-state index contributed by atoms with van der Waals surface area (Å²) in [6.45, 7) is 0. The molecule has 1 aliphatic rings. The van der Waals surface area contributed by atoms with E-state index in [1.807, 2.05) is 6.07 Å². The lowest BCUT2D eigenvalue weighted by Gasteiger charge is -2.26. The highest BCUT2D eigenvalue weighted by Gasteiger charge is 2.27. The monoisotopic (exact) mass is 892 g/mol. The van der Waals surface area contributed by atoms with Crippen LogP contribution in [-0.4, -0.2) is 16.2 Å². The molecule has 5 nitrogen and oxygen atoms in total. The van der Waals surface area contributed by atoms with Crippen molar-refractivity contribution < 1.29 is 4.42 Å².